The topological polar surface area (TPSA) is 58.1 Å². The molecule has 1 aromatic carbocycles. The molecule has 2 aromatic rings. The fourth-order valence-corrected chi connectivity index (χ4v) is 2.00. The number of nitrogens with one attached hydrogen (secondary N) is 1. The van der Waals surface area contributed by atoms with Crippen molar-refractivity contribution in [1.29, 1.82) is 0 Å². The van der Waals surface area contributed by atoms with Crippen LogP contribution in [0.25, 0.3) is 0 Å². The molecule has 0 radical (unpaired) electrons. The van der Waals surface area contributed by atoms with Crippen molar-refractivity contribution < 1.29 is 4.79 Å². The maximum Gasteiger partial charge on any atom is 0.251 e. The van der Waals surface area contributed by atoms with Crippen LogP contribution in [-0.4, -0.2) is 30.0 Å². The van der Waals surface area contributed by atoms with E-state index in [0.717, 1.165) is 17.0 Å². The summed E-state index contributed by atoms with van der Waals surface area (Å²) in [6.45, 7) is 4.23. The Balaban J connectivity index is 2.10. The number of nitrogens with zero attached hydrogens (tertiary/aromatic N) is 3. The fraction of sp³-hybridized carbons (Fsp3) is 0.312. The summed E-state index contributed by atoms with van der Waals surface area (Å²) in [5.41, 5.74) is 3.33. The molecule has 0 spiro atoms. The molecule has 0 saturated carbocycles. The smallest absolute Gasteiger partial charge is 0.251 e. The van der Waals surface area contributed by atoms with E-state index >= 15 is 0 Å². The largest absolute Gasteiger partial charge is 0.347 e. The van der Waals surface area contributed by atoms with E-state index in [-0.39, 0.29) is 5.91 Å². The molecule has 1 amide bonds. The Kier molecular flexibility index (Phi) is 4.52. The molecule has 0 fully saturated rings. The first kappa shape index (κ1) is 15.0. The zero-order valence-electron chi connectivity index (χ0n) is 12.8. The molecule has 1 aromatic heterocycles. The first-order valence-corrected chi connectivity index (χ1v) is 6.83. The van der Waals surface area contributed by atoms with Crippen LogP contribution in [0.5, 0.6) is 0 Å². The monoisotopic (exact) mass is 284 g/mol. The van der Waals surface area contributed by atoms with Gasteiger partial charge in [0, 0.05) is 25.4 Å². The van der Waals surface area contributed by atoms with Gasteiger partial charge in [-0.05, 0) is 31.5 Å². The number of carbonyl (C=O) groups excluding carboxylic acids is 1. The molecule has 1 heterocycles. The first-order chi connectivity index (χ1) is 9.97. The van der Waals surface area contributed by atoms with Gasteiger partial charge in [0.05, 0.1) is 12.2 Å². The highest BCUT2D eigenvalue weighted by molar-refractivity contribution is 5.95. The zero-order chi connectivity index (χ0) is 15.4. The third-order valence-electron chi connectivity index (χ3n) is 3.12. The summed E-state index contributed by atoms with van der Waals surface area (Å²) in [5.74, 6) is 0.561. The molecule has 110 valence electrons. The molecular formula is C16H20N4O. The number of rotatable bonds is 4. The molecule has 0 aliphatic rings. The van der Waals surface area contributed by atoms with Gasteiger partial charge in [0.25, 0.3) is 5.91 Å². The summed E-state index contributed by atoms with van der Waals surface area (Å²) >= 11 is 0. The lowest BCUT2D eigenvalue weighted by molar-refractivity contribution is 0.0950. The minimum absolute atomic E-state index is 0.0873. The van der Waals surface area contributed by atoms with Gasteiger partial charge in [-0.1, -0.05) is 18.2 Å². The summed E-state index contributed by atoms with van der Waals surface area (Å²) in [7, 11) is 3.79. The van der Waals surface area contributed by atoms with Crippen LogP contribution in [0.3, 0.4) is 0 Å². The van der Waals surface area contributed by atoms with Gasteiger partial charge >= 0.3 is 0 Å². The van der Waals surface area contributed by atoms with Gasteiger partial charge in [0.2, 0.25) is 5.95 Å². The number of hydrogen-bond acceptors (Lipinski definition) is 4. The maximum absolute atomic E-state index is 12.2. The van der Waals surface area contributed by atoms with Crippen LogP contribution in [0, 0.1) is 13.8 Å². The van der Waals surface area contributed by atoms with Crippen LogP contribution in [0.15, 0.2) is 30.3 Å². The van der Waals surface area contributed by atoms with Crippen LogP contribution in [-0.2, 0) is 6.54 Å². The molecule has 0 aliphatic heterocycles. The number of benzene rings is 1. The molecule has 0 aliphatic carbocycles. The van der Waals surface area contributed by atoms with Crippen molar-refractivity contribution in [3.05, 3.63) is 52.8 Å². The fourth-order valence-electron chi connectivity index (χ4n) is 2.00. The van der Waals surface area contributed by atoms with Gasteiger partial charge in [-0.3, -0.25) is 4.79 Å². The lowest BCUT2D eigenvalue weighted by atomic mass is 10.1. The molecule has 1 N–H and O–H groups in total. The highest BCUT2D eigenvalue weighted by atomic mass is 16.1. The quantitative estimate of drug-likeness (QED) is 0.934. The van der Waals surface area contributed by atoms with Gasteiger partial charge in [0.15, 0.2) is 0 Å². The second-order valence-corrected chi connectivity index (χ2v) is 5.19. The highest BCUT2D eigenvalue weighted by Gasteiger charge is 2.09. The number of aromatic nitrogens is 2. The molecular weight excluding hydrogens is 264 g/mol. The highest BCUT2D eigenvalue weighted by Crippen LogP contribution is 2.09. The van der Waals surface area contributed by atoms with Crippen molar-refractivity contribution >= 4 is 11.9 Å². The summed E-state index contributed by atoms with van der Waals surface area (Å²) in [4.78, 5) is 22.8. The SMILES string of the molecule is Cc1cc(CNC(=O)c2ccccc2C)nc(N(C)C)n1. The molecule has 21 heavy (non-hydrogen) atoms. The minimum Gasteiger partial charge on any atom is -0.347 e. The summed E-state index contributed by atoms with van der Waals surface area (Å²) in [5, 5.41) is 2.90. The first-order valence-electron chi connectivity index (χ1n) is 6.83. The van der Waals surface area contributed by atoms with Crippen molar-refractivity contribution in [3.8, 4) is 0 Å². The number of hydrogen-bond donors (Lipinski definition) is 1. The molecule has 0 saturated heterocycles. The number of amides is 1. The van der Waals surface area contributed by atoms with Crippen LogP contribution >= 0.6 is 0 Å². The van der Waals surface area contributed by atoms with E-state index in [0.29, 0.717) is 18.1 Å². The van der Waals surface area contributed by atoms with Gasteiger partial charge in [0.1, 0.15) is 0 Å². The average Bonchev–Trinajstić information content (AvgIpc) is 2.44. The molecule has 0 atom stereocenters. The normalized spacial score (nSPS) is 10.3. The molecule has 5 nitrogen and oxygen atoms in total. The maximum atomic E-state index is 12.2. The zero-order valence-corrected chi connectivity index (χ0v) is 12.8. The van der Waals surface area contributed by atoms with E-state index in [4.69, 9.17) is 0 Å². The van der Waals surface area contributed by atoms with Gasteiger partial charge in [-0.2, -0.15) is 0 Å². The summed E-state index contributed by atoms with van der Waals surface area (Å²) in [6.07, 6.45) is 0. The van der Waals surface area contributed by atoms with E-state index < -0.39 is 0 Å². The van der Waals surface area contributed by atoms with Crippen molar-refractivity contribution in [3.63, 3.8) is 0 Å². The second-order valence-electron chi connectivity index (χ2n) is 5.19. The van der Waals surface area contributed by atoms with Crippen LogP contribution in [0.4, 0.5) is 5.95 Å². The van der Waals surface area contributed by atoms with E-state index in [1.807, 2.05) is 63.2 Å². The van der Waals surface area contributed by atoms with Crippen LogP contribution in [0.2, 0.25) is 0 Å². The van der Waals surface area contributed by atoms with Gasteiger partial charge in [-0.15, -0.1) is 0 Å². The summed E-state index contributed by atoms with van der Waals surface area (Å²) in [6, 6.07) is 9.41. The molecule has 2 rings (SSSR count). The Morgan fingerprint density at radius 3 is 2.57 bits per heavy atom. The van der Waals surface area contributed by atoms with Crippen molar-refractivity contribution in [2.45, 2.75) is 20.4 Å². The Bertz CT molecular complexity index is 652. The molecule has 5 heteroatoms. The minimum atomic E-state index is -0.0873. The van der Waals surface area contributed by atoms with E-state index in [1.165, 1.54) is 0 Å². The van der Waals surface area contributed by atoms with Crippen molar-refractivity contribution in [1.82, 2.24) is 15.3 Å². The Labute approximate surface area is 125 Å². The van der Waals surface area contributed by atoms with Gasteiger partial charge < -0.3 is 10.2 Å². The summed E-state index contributed by atoms with van der Waals surface area (Å²) < 4.78 is 0. The molecule has 0 unspecified atom stereocenters. The van der Waals surface area contributed by atoms with E-state index in [2.05, 4.69) is 15.3 Å². The lowest BCUT2D eigenvalue weighted by Crippen LogP contribution is -2.25. The standard InChI is InChI=1S/C16H20N4O/c1-11-7-5-6-8-14(11)15(21)17-10-13-9-12(2)18-16(19-13)20(3)4/h5-9H,10H2,1-4H3,(H,17,21). The third-order valence-corrected chi connectivity index (χ3v) is 3.12. The Morgan fingerprint density at radius 2 is 1.90 bits per heavy atom. The lowest BCUT2D eigenvalue weighted by Gasteiger charge is -2.13. The van der Waals surface area contributed by atoms with Crippen LogP contribution < -0.4 is 10.2 Å². The second kappa shape index (κ2) is 6.35. The van der Waals surface area contributed by atoms with Gasteiger partial charge in [-0.25, -0.2) is 9.97 Å². The predicted octanol–water partition coefficient (Wildman–Crippen LogP) is 2.09. The van der Waals surface area contributed by atoms with E-state index in [1.54, 1.807) is 0 Å². The Hall–Kier alpha value is -2.43. The van der Waals surface area contributed by atoms with Crippen LogP contribution in [0.1, 0.15) is 27.3 Å². The predicted molar refractivity (Wildman–Crippen MR) is 83.4 cm³/mol. The third kappa shape index (κ3) is 3.78. The molecule has 0 bridgehead atoms. The Morgan fingerprint density at radius 1 is 1.19 bits per heavy atom. The number of anilines is 1. The van der Waals surface area contributed by atoms with E-state index in [9.17, 15) is 4.79 Å². The number of aryl methyl sites for hydroxylation is 2. The van der Waals surface area contributed by atoms with Crippen molar-refractivity contribution in [2.24, 2.45) is 0 Å². The average molecular weight is 284 g/mol. The van der Waals surface area contributed by atoms with Crippen molar-refractivity contribution in [2.75, 3.05) is 19.0 Å². The number of carbonyl (C=O) groups is 1.